The molecule has 108 valence electrons. The molecule has 1 aromatic rings. The van der Waals surface area contributed by atoms with Crippen molar-refractivity contribution in [2.45, 2.75) is 75.3 Å². The van der Waals surface area contributed by atoms with Crippen molar-refractivity contribution < 1.29 is 4.52 Å². The highest BCUT2D eigenvalue weighted by atomic mass is 32.2. The van der Waals surface area contributed by atoms with Crippen molar-refractivity contribution in [3.63, 3.8) is 0 Å². The van der Waals surface area contributed by atoms with Gasteiger partial charge in [-0.3, -0.25) is 0 Å². The van der Waals surface area contributed by atoms with E-state index in [-0.39, 0.29) is 10.3 Å². The van der Waals surface area contributed by atoms with Crippen LogP contribution in [0.15, 0.2) is 4.52 Å². The Kier molecular flexibility index (Phi) is 4.56. The molecule has 1 heterocycles. The molecule has 5 heteroatoms. The molecule has 1 fully saturated rings. The van der Waals surface area contributed by atoms with Gasteiger partial charge in [-0.25, -0.2) is 0 Å². The first-order valence-corrected chi connectivity index (χ1v) is 8.09. The van der Waals surface area contributed by atoms with Gasteiger partial charge in [0.25, 0.3) is 0 Å². The molecule has 4 nitrogen and oxygen atoms in total. The van der Waals surface area contributed by atoms with Gasteiger partial charge in [-0.1, -0.05) is 45.2 Å². The number of aromatic nitrogens is 2. The number of nitrogens with zero attached hydrogens (tertiary/aromatic N) is 2. The Balaban J connectivity index is 1.90. The van der Waals surface area contributed by atoms with Gasteiger partial charge in [0.1, 0.15) is 0 Å². The lowest BCUT2D eigenvalue weighted by Gasteiger charge is -2.31. The summed E-state index contributed by atoms with van der Waals surface area (Å²) in [6.45, 7) is 6.57. The predicted octanol–water partition coefficient (Wildman–Crippen LogP) is 3.31. The van der Waals surface area contributed by atoms with Crippen LogP contribution in [0.25, 0.3) is 0 Å². The zero-order valence-electron chi connectivity index (χ0n) is 12.2. The lowest BCUT2D eigenvalue weighted by atomic mass is 9.80. The minimum atomic E-state index is -0.126. The predicted molar refractivity (Wildman–Crippen MR) is 79.1 cm³/mol. The Bertz CT molecular complexity index is 405. The Morgan fingerprint density at radius 1 is 1.26 bits per heavy atom. The van der Waals surface area contributed by atoms with Gasteiger partial charge in [0.15, 0.2) is 5.82 Å². The second-order valence-electron chi connectivity index (χ2n) is 6.61. The van der Waals surface area contributed by atoms with Crippen molar-refractivity contribution in [1.82, 2.24) is 10.1 Å². The van der Waals surface area contributed by atoms with E-state index in [0.717, 1.165) is 30.8 Å². The zero-order chi connectivity index (χ0) is 13.9. The van der Waals surface area contributed by atoms with Crippen LogP contribution in [0.3, 0.4) is 0 Å². The normalized spacial score (nSPS) is 19.6. The number of rotatable bonds is 4. The van der Waals surface area contributed by atoms with Crippen LogP contribution in [-0.2, 0) is 12.2 Å². The molecule has 1 aromatic heterocycles. The fourth-order valence-electron chi connectivity index (χ4n) is 2.44. The molecule has 0 radical (unpaired) electrons. The molecule has 0 saturated heterocycles. The molecule has 0 amide bonds. The largest absolute Gasteiger partial charge is 0.339 e. The lowest BCUT2D eigenvalue weighted by molar-refractivity contribution is 0.260. The third kappa shape index (κ3) is 4.80. The Morgan fingerprint density at radius 3 is 2.58 bits per heavy atom. The Hall–Kier alpha value is -0.550. The molecule has 1 aliphatic carbocycles. The summed E-state index contributed by atoms with van der Waals surface area (Å²) in [7, 11) is 0. The molecular formula is C14H25N3OS. The van der Waals surface area contributed by atoms with E-state index in [4.69, 9.17) is 10.3 Å². The summed E-state index contributed by atoms with van der Waals surface area (Å²) >= 11 is 1.83. The van der Waals surface area contributed by atoms with Gasteiger partial charge in [-0.05, 0) is 12.8 Å². The van der Waals surface area contributed by atoms with Gasteiger partial charge < -0.3 is 10.3 Å². The summed E-state index contributed by atoms with van der Waals surface area (Å²) in [4.78, 5) is 4.47. The summed E-state index contributed by atoms with van der Waals surface area (Å²) in [5, 5.41) is 4.05. The Labute approximate surface area is 119 Å². The fourth-order valence-corrected chi connectivity index (χ4v) is 3.11. The van der Waals surface area contributed by atoms with Gasteiger partial charge in [-0.15, -0.1) is 11.8 Å². The first-order valence-electron chi connectivity index (χ1n) is 7.11. The van der Waals surface area contributed by atoms with Crippen molar-refractivity contribution in [2.75, 3.05) is 0 Å². The highest BCUT2D eigenvalue weighted by Crippen LogP contribution is 2.29. The molecule has 0 atom stereocenters. The van der Waals surface area contributed by atoms with Gasteiger partial charge in [0, 0.05) is 16.7 Å². The van der Waals surface area contributed by atoms with Crippen LogP contribution < -0.4 is 5.73 Å². The van der Waals surface area contributed by atoms with Crippen molar-refractivity contribution in [3.05, 3.63) is 11.7 Å². The summed E-state index contributed by atoms with van der Waals surface area (Å²) in [6.07, 6.45) is 6.61. The van der Waals surface area contributed by atoms with Crippen LogP contribution in [0.5, 0.6) is 0 Å². The average molecular weight is 283 g/mol. The van der Waals surface area contributed by atoms with Crippen LogP contribution >= 0.6 is 11.8 Å². The zero-order valence-corrected chi connectivity index (χ0v) is 13.1. The summed E-state index contributed by atoms with van der Waals surface area (Å²) in [6, 6.07) is 0. The monoisotopic (exact) mass is 283 g/mol. The van der Waals surface area contributed by atoms with Crippen molar-refractivity contribution in [3.8, 4) is 0 Å². The van der Waals surface area contributed by atoms with Crippen LogP contribution in [-0.4, -0.2) is 20.4 Å². The van der Waals surface area contributed by atoms with E-state index < -0.39 is 0 Å². The van der Waals surface area contributed by atoms with Crippen molar-refractivity contribution in [1.29, 1.82) is 0 Å². The number of thioether (sulfide) groups is 1. The first-order chi connectivity index (χ1) is 8.86. The van der Waals surface area contributed by atoms with Gasteiger partial charge in [0.2, 0.25) is 5.89 Å². The van der Waals surface area contributed by atoms with E-state index in [1.165, 1.54) is 19.3 Å². The molecule has 2 rings (SSSR count). The fraction of sp³-hybridized carbons (Fsp3) is 0.857. The van der Waals surface area contributed by atoms with Gasteiger partial charge in [-0.2, -0.15) is 4.98 Å². The van der Waals surface area contributed by atoms with Gasteiger partial charge >= 0.3 is 0 Å². The summed E-state index contributed by atoms with van der Waals surface area (Å²) < 4.78 is 5.56. The molecule has 0 spiro atoms. The molecule has 19 heavy (non-hydrogen) atoms. The maximum absolute atomic E-state index is 6.41. The topological polar surface area (TPSA) is 64.9 Å². The third-order valence-corrected chi connectivity index (χ3v) is 4.77. The molecule has 1 aliphatic rings. The van der Waals surface area contributed by atoms with E-state index >= 15 is 0 Å². The molecule has 0 unspecified atom stereocenters. The highest BCUT2D eigenvalue weighted by molar-refractivity contribution is 7.99. The third-order valence-electron chi connectivity index (χ3n) is 3.50. The molecule has 0 bridgehead atoms. The first kappa shape index (κ1) is 14.9. The molecule has 1 saturated carbocycles. The van der Waals surface area contributed by atoms with E-state index in [9.17, 15) is 0 Å². The number of hydrogen-bond acceptors (Lipinski definition) is 5. The highest BCUT2D eigenvalue weighted by Gasteiger charge is 2.30. The second kappa shape index (κ2) is 5.83. The van der Waals surface area contributed by atoms with E-state index in [1.807, 2.05) is 11.8 Å². The molecule has 2 N–H and O–H groups in total. The smallest absolute Gasteiger partial charge is 0.228 e. The summed E-state index contributed by atoms with van der Waals surface area (Å²) in [5.41, 5.74) is 6.28. The van der Waals surface area contributed by atoms with Crippen LogP contribution in [0.4, 0.5) is 0 Å². The van der Waals surface area contributed by atoms with Crippen LogP contribution in [0, 0.1) is 0 Å². The van der Waals surface area contributed by atoms with E-state index in [1.54, 1.807) is 0 Å². The molecular weight excluding hydrogens is 258 g/mol. The molecule has 0 aromatic carbocycles. The molecule has 0 aliphatic heterocycles. The maximum Gasteiger partial charge on any atom is 0.228 e. The quantitative estimate of drug-likeness (QED) is 0.918. The number of hydrogen-bond donors (Lipinski definition) is 1. The average Bonchev–Trinajstić information content (AvgIpc) is 2.73. The second-order valence-corrected chi connectivity index (χ2v) is 8.41. The minimum absolute atomic E-state index is 0.126. The van der Waals surface area contributed by atoms with E-state index in [0.29, 0.717) is 5.89 Å². The van der Waals surface area contributed by atoms with Crippen molar-refractivity contribution in [2.24, 2.45) is 5.73 Å². The lowest BCUT2D eigenvalue weighted by Crippen LogP contribution is -2.43. The van der Waals surface area contributed by atoms with Gasteiger partial charge in [0.05, 0.1) is 5.75 Å². The standard InChI is InChI=1S/C14H25N3OS/c1-13(2,3)19-10-11-16-12(18-17-11)9-14(15)7-5-4-6-8-14/h4-10,15H2,1-3H3. The van der Waals surface area contributed by atoms with Crippen LogP contribution in [0.2, 0.25) is 0 Å². The SMILES string of the molecule is CC(C)(C)SCc1noc(CC2(N)CCCCC2)n1. The number of nitrogens with two attached hydrogens (primary N) is 1. The minimum Gasteiger partial charge on any atom is -0.339 e. The maximum atomic E-state index is 6.41. The van der Waals surface area contributed by atoms with Crippen molar-refractivity contribution >= 4 is 11.8 Å². The van der Waals surface area contributed by atoms with E-state index in [2.05, 4.69) is 30.9 Å². The summed E-state index contributed by atoms with van der Waals surface area (Å²) in [5.74, 6) is 2.29. The Morgan fingerprint density at radius 2 is 1.95 bits per heavy atom. The van der Waals surface area contributed by atoms with Crippen LogP contribution in [0.1, 0.15) is 64.6 Å².